The van der Waals surface area contributed by atoms with Gasteiger partial charge >= 0.3 is 0 Å². The monoisotopic (exact) mass is 450 g/mol. The van der Waals surface area contributed by atoms with Gasteiger partial charge in [0.05, 0.1) is 11.7 Å². The number of nitrogens with zero attached hydrogens (tertiary/aromatic N) is 3. The van der Waals surface area contributed by atoms with Gasteiger partial charge in [-0.15, -0.1) is 0 Å². The Balaban J connectivity index is 1.55. The van der Waals surface area contributed by atoms with Gasteiger partial charge in [0.1, 0.15) is 22.0 Å². The van der Waals surface area contributed by atoms with E-state index in [1.165, 1.54) is 6.07 Å². The number of nitrogens with one attached hydrogen (secondary N) is 1. The molecule has 31 heavy (non-hydrogen) atoms. The molecule has 3 aromatic carbocycles. The van der Waals surface area contributed by atoms with Gasteiger partial charge in [0.25, 0.3) is 0 Å². The van der Waals surface area contributed by atoms with Crippen LogP contribution in [0.5, 0.6) is 0 Å². The van der Waals surface area contributed by atoms with Crippen molar-refractivity contribution in [1.29, 1.82) is 0 Å². The Labute approximate surface area is 183 Å². The van der Waals surface area contributed by atoms with Gasteiger partial charge < -0.3 is 4.90 Å². The minimum Gasteiger partial charge on any atom is -0.310 e. The van der Waals surface area contributed by atoms with Gasteiger partial charge in [-0.2, -0.15) is 13.5 Å². The SMILES string of the molecule is O=C([C@@H](NS(=O)(=O)c1cccc2nsnc12)c1ccccc1)N1CCc2ccccc21. The lowest BCUT2D eigenvalue weighted by molar-refractivity contribution is -0.120. The molecule has 7 nitrogen and oxygen atoms in total. The molecule has 5 rings (SSSR count). The third kappa shape index (κ3) is 3.60. The average molecular weight is 451 g/mol. The quantitative estimate of drug-likeness (QED) is 0.504. The molecule has 0 unspecified atom stereocenters. The van der Waals surface area contributed by atoms with Gasteiger partial charge in [0.2, 0.25) is 15.9 Å². The minimum absolute atomic E-state index is 0.00861. The van der Waals surface area contributed by atoms with Crippen molar-refractivity contribution in [3.8, 4) is 0 Å². The molecule has 0 fully saturated rings. The Morgan fingerprint density at radius 3 is 2.58 bits per heavy atom. The maximum absolute atomic E-state index is 13.6. The van der Waals surface area contributed by atoms with Gasteiger partial charge in [-0.05, 0) is 35.7 Å². The Hall–Kier alpha value is -3.14. The van der Waals surface area contributed by atoms with Crippen LogP contribution in [-0.2, 0) is 21.2 Å². The number of aromatic nitrogens is 2. The van der Waals surface area contributed by atoms with Crippen molar-refractivity contribution in [2.45, 2.75) is 17.4 Å². The fraction of sp³-hybridized carbons (Fsp3) is 0.136. The fourth-order valence-electron chi connectivity index (χ4n) is 3.85. The lowest BCUT2D eigenvalue weighted by Gasteiger charge is -2.25. The number of carbonyl (C=O) groups is 1. The van der Waals surface area contributed by atoms with Crippen LogP contribution in [0, 0.1) is 0 Å². The molecule has 0 saturated carbocycles. The number of carbonyl (C=O) groups excluding carboxylic acids is 1. The summed E-state index contributed by atoms with van der Waals surface area (Å²) in [6, 6.07) is 20.3. The highest BCUT2D eigenvalue weighted by Gasteiger charge is 2.34. The number of amides is 1. The van der Waals surface area contributed by atoms with Crippen LogP contribution in [0.1, 0.15) is 17.2 Å². The zero-order valence-corrected chi connectivity index (χ0v) is 17.9. The highest BCUT2D eigenvalue weighted by Crippen LogP contribution is 2.31. The molecule has 0 aliphatic carbocycles. The van der Waals surface area contributed by atoms with E-state index in [0.29, 0.717) is 23.1 Å². The average Bonchev–Trinajstić information content (AvgIpc) is 3.44. The molecule has 1 amide bonds. The van der Waals surface area contributed by atoms with Gasteiger partial charge in [-0.1, -0.05) is 54.6 Å². The summed E-state index contributed by atoms with van der Waals surface area (Å²) in [4.78, 5) is 15.3. The molecular formula is C22H18N4O3S2. The lowest BCUT2D eigenvalue weighted by atomic mass is 10.1. The summed E-state index contributed by atoms with van der Waals surface area (Å²) in [6.45, 7) is 0.509. The molecule has 0 spiro atoms. The maximum Gasteiger partial charge on any atom is 0.249 e. The molecule has 156 valence electrons. The first-order chi connectivity index (χ1) is 15.0. The van der Waals surface area contributed by atoms with Crippen LogP contribution in [0.4, 0.5) is 5.69 Å². The van der Waals surface area contributed by atoms with Crippen LogP contribution in [-0.4, -0.2) is 29.6 Å². The van der Waals surface area contributed by atoms with Crippen molar-refractivity contribution in [1.82, 2.24) is 13.5 Å². The van der Waals surface area contributed by atoms with Crippen LogP contribution in [0.2, 0.25) is 0 Å². The predicted octanol–water partition coefficient (Wildman–Crippen LogP) is 3.30. The summed E-state index contributed by atoms with van der Waals surface area (Å²) in [5.41, 5.74) is 3.26. The van der Waals surface area contributed by atoms with Gasteiger partial charge in [0, 0.05) is 12.2 Å². The van der Waals surface area contributed by atoms with Crippen LogP contribution in [0.3, 0.4) is 0 Å². The molecule has 2 heterocycles. The zero-order chi connectivity index (χ0) is 21.4. The number of sulfonamides is 1. The van der Waals surface area contributed by atoms with E-state index in [9.17, 15) is 13.2 Å². The van der Waals surface area contributed by atoms with Gasteiger partial charge in [-0.3, -0.25) is 4.79 Å². The van der Waals surface area contributed by atoms with Crippen molar-refractivity contribution in [2.24, 2.45) is 0 Å². The molecule has 1 aromatic heterocycles. The highest BCUT2D eigenvalue weighted by atomic mass is 32.2. The summed E-state index contributed by atoms with van der Waals surface area (Å²) >= 11 is 0.950. The van der Waals surface area contributed by atoms with Crippen LogP contribution < -0.4 is 9.62 Å². The molecule has 0 saturated heterocycles. The van der Waals surface area contributed by atoms with E-state index in [4.69, 9.17) is 0 Å². The number of para-hydroxylation sites is 1. The van der Waals surface area contributed by atoms with E-state index in [-0.39, 0.29) is 10.8 Å². The summed E-state index contributed by atoms with van der Waals surface area (Å²) in [5, 5.41) is 0. The van der Waals surface area contributed by atoms with Crippen molar-refractivity contribution in [2.75, 3.05) is 11.4 Å². The van der Waals surface area contributed by atoms with E-state index < -0.39 is 16.1 Å². The second kappa shape index (κ2) is 7.84. The summed E-state index contributed by atoms with van der Waals surface area (Å²) in [6.07, 6.45) is 0.736. The summed E-state index contributed by atoms with van der Waals surface area (Å²) in [7, 11) is -4.05. The van der Waals surface area contributed by atoms with Crippen LogP contribution in [0.25, 0.3) is 11.0 Å². The molecular weight excluding hydrogens is 432 g/mol. The van der Waals surface area contributed by atoms with E-state index in [1.54, 1.807) is 41.3 Å². The molecule has 1 aliphatic rings. The fourth-order valence-corrected chi connectivity index (χ4v) is 5.79. The lowest BCUT2D eigenvalue weighted by Crippen LogP contribution is -2.42. The smallest absolute Gasteiger partial charge is 0.249 e. The second-order valence-corrected chi connectivity index (χ2v) is 9.43. The molecule has 4 aromatic rings. The van der Waals surface area contributed by atoms with Gasteiger partial charge in [-0.25, -0.2) is 8.42 Å². The number of rotatable bonds is 5. The third-order valence-corrected chi connectivity index (χ3v) is 7.34. The predicted molar refractivity (Wildman–Crippen MR) is 119 cm³/mol. The van der Waals surface area contributed by atoms with E-state index in [0.717, 1.165) is 29.4 Å². The third-order valence-electron chi connectivity index (χ3n) is 5.34. The first-order valence-corrected chi connectivity index (χ1v) is 11.9. The van der Waals surface area contributed by atoms with Crippen molar-refractivity contribution < 1.29 is 13.2 Å². The number of anilines is 1. The molecule has 0 bridgehead atoms. The number of benzene rings is 3. The topological polar surface area (TPSA) is 92.3 Å². The molecule has 1 N–H and O–H groups in total. The first-order valence-electron chi connectivity index (χ1n) is 9.72. The van der Waals surface area contributed by atoms with E-state index in [1.807, 2.05) is 30.3 Å². The Morgan fingerprint density at radius 2 is 1.74 bits per heavy atom. The Bertz CT molecular complexity index is 1370. The van der Waals surface area contributed by atoms with Crippen molar-refractivity contribution in [3.05, 3.63) is 83.9 Å². The van der Waals surface area contributed by atoms with Crippen LogP contribution >= 0.6 is 11.7 Å². The van der Waals surface area contributed by atoms with E-state index >= 15 is 0 Å². The number of hydrogen-bond acceptors (Lipinski definition) is 6. The normalized spacial score (nSPS) is 14.5. The van der Waals surface area contributed by atoms with Crippen molar-refractivity contribution >= 4 is 44.4 Å². The first kappa shape index (κ1) is 19.8. The van der Waals surface area contributed by atoms with Gasteiger partial charge in [0.15, 0.2) is 0 Å². The largest absolute Gasteiger partial charge is 0.310 e. The van der Waals surface area contributed by atoms with Crippen LogP contribution in [0.15, 0.2) is 77.7 Å². The zero-order valence-electron chi connectivity index (χ0n) is 16.3. The molecule has 1 atom stereocenters. The van der Waals surface area contributed by atoms with Crippen molar-refractivity contribution in [3.63, 3.8) is 0 Å². The summed E-state index contributed by atoms with van der Waals surface area (Å²) < 4.78 is 37.6. The standard InChI is InChI=1S/C22H18N4O3S2/c27-22(26-14-13-15-7-4-5-11-18(15)26)20(16-8-2-1-3-9-16)25-31(28,29)19-12-6-10-17-21(19)24-30-23-17/h1-12,20,25H,13-14H2/t20-/m0/s1. The highest BCUT2D eigenvalue weighted by molar-refractivity contribution is 7.89. The molecule has 1 aliphatic heterocycles. The molecule has 9 heteroatoms. The summed E-state index contributed by atoms with van der Waals surface area (Å²) in [5.74, 6) is -0.316. The van der Waals surface area contributed by atoms with E-state index in [2.05, 4.69) is 13.5 Å². The number of hydrogen-bond donors (Lipinski definition) is 1. The maximum atomic E-state index is 13.6. The second-order valence-electron chi connectivity index (χ2n) is 7.22. The molecule has 0 radical (unpaired) electrons. The Morgan fingerprint density at radius 1 is 0.968 bits per heavy atom. The number of fused-ring (bicyclic) bond motifs is 2. The Kier molecular flexibility index (Phi) is 5.01. The minimum atomic E-state index is -4.05.